The van der Waals surface area contributed by atoms with Gasteiger partial charge in [0.2, 0.25) is 29.5 Å². The fourth-order valence-corrected chi connectivity index (χ4v) is 5.10. The number of carbonyl (C=O) groups excluding carboxylic acids is 6. The van der Waals surface area contributed by atoms with Crippen molar-refractivity contribution in [3.63, 3.8) is 0 Å². The van der Waals surface area contributed by atoms with Gasteiger partial charge in [0.1, 0.15) is 12.1 Å². The molecule has 0 aromatic carbocycles. The molecular weight excluding hydrogens is 566 g/mol. The summed E-state index contributed by atoms with van der Waals surface area (Å²) in [7, 11) is 1.91. The molecule has 1 rings (SSSR count). The number of nitrogens with one attached hydrogen (secondary N) is 6. The Morgan fingerprint density at radius 3 is 1.91 bits per heavy atom. The molecule has 1 fully saturated rings. The number of amides is 5. The average molecular weight is 624 g/mol. The largest absolute Gasteiger partial charge is 0.347 e. The van der Waals surface area contributed by atoms with Crippen LogP contribution in [0, 0.1) is 11.8 Å². The zero-order valence-electron chi connectivity index (χ0n) is 27.8. The van der Waals surface area contributed by atoms with Crippen molar-refractivity contribution in [2.45, 2.75) is 111 Å². The molecule has 44 heavy (non-hydrogen) atoms. The minimum absolute atomic E-state index is 0.113. The molecule has 0 aromatic heterocycles. The lowest BCUT2D eigenvalue weighted by atomic mass is 9.85. The lowest BCUT2D eigenvalue weighted by molar-refractivity contribution is -0.132. The van der Waals surface area contributed by atoms with Crippen molar-refractivity contribution in [2.24, 2.45) is 11.8 Å². The number of ketones is 1. The highest BCUT2D eigenvalue weighted by molar-refractivity contribution is 5.94. The Morgan fingerprint density at radius 2 is 1.34 bits per heavy atom. The predicted molar refractivity (Wildman–Crippen MR) is 169 cm³/mol. The molecule has 0 radical (unpaired) electrons. The Kier molecular flexibility index (Phi) is 18.4. The van der Waals surface area contributed by atoms with E-state index in [0.717, 1.165) is 45.2 Å². The van der Waals surface area contributed by atoms with E-state index in [1.165, 1.54) is 6.92 Å². The van der Waals surface area contributed by atoms with E-state index in [9.17, 15) is 28.8 Å². The molecule has 0 aliphatic heterocycles. The molecular formula is C31H57N7O6. The standard InChI is InChI=1S/C31H57N7O6/c1-8-38(21(4)5)16-10-9-11-25(31(44)33-17-26(39)20(2)3)37-28(41)19-34-29(42)22(6)36-27(40)18-35-30(43)23-12-14-24(32-7)15-13-23/h20-25,32H,8-19H2,1-7H3,(H,33,44)(H,34,42)(H,35,43)(H,36,40)(H,37,41)/t22-,23?,24?,25-/m0/s1. The number of Topliss-reactive ketones (excluding diaryl/α,β-unsaturated/α-hetero) is 1. The lowest BCUT2D eigenvalue weighted by Crippen LogP contribution is -2.52. The van der Waals surface area contributed by atoms with Crippen molar-refractivity contribution in [1.82, 2.24) is 36.8 Å². The van der Waals surface area contributed by atoms with Crippen LogP contribution in [0.1, 0.15) is 86.5 Å². The van der Waals surface area contributed by atoms with Gasteiger partial charge in [-0.3, -0.25) is 28.8 Å². The smallest absolute Gasteiger partial charge is 0.242 e. The van der Waals surface area contributed by atoms with Crippen molar-refractivity contribution in [3.05, 3.63) is 0 Å². The fourth-order valence-electron chi connectivity index (χ4n) is 5.10. The molecule has 5 amide bonds. The lowest BCUT2D eigenvalue weighted by Gasteiger charge is -2.27. The van der Waals surface area contributed by atoms with E-state index in [0.29, 0.717) is 24.9 Å². The second kappa shape index (κ2) is 20.8. The third kappa shape index (κ3) is 15.1. The molecule has 0 unspecified atom stereocenters. The molecule has 0 bridgehead atoms. The van der Waals surface area contributed by atoms with E-state index in [-0.39, 0.29) is 36.6 Å². The Morgan fingerprint density at radius 1 is 0.750 bits per heavy atom. The number of unbranched alkanes of at least 4 members (excludes halogenated alkanes) is 1. The molecule has 2 atom stereocenters. The fraction of sp³-hybridized carbons (Fsp3) is 0.806. The number of hydrogen-bond acceptors (Lipinski definition) is 8. The molecule has 0 spiro atoms. The maximum atomic E-state index is 12.8. The minimum atomic E-state index is -0.943. The molecule has 0 saturated heterocycles. The summed E-state index contributed by atoms with van der Waals surface area (Å²) in [6.07, 6.45) is 5.23. The van der Waals surface area contributed by atoms with Crippen molar-refractivity contribution >= 4 is 35.3 Å². The summed E-state index contributed by atoms with van der Waals surface area (Å²) in [5, 5.41) is 16.1. The van der Waals surface area contributed by atoms with Crippen molar-refractivity contribution in [3.8, 4) is 0 Å². The maximum absolute atomic E-state index is 12.8. The number of nitrogens with zero attached hydrogens (tertiary/aromatic N) is 1. The topological polar surface area (TPSA) is 178 Å². The van der Waals surface area contributed by atoms with Gasteiger partial charge in [-0.25, -0.2) is 0 Å². The molecule has 252 valence electrons. The maximum Gasteiger partial charge on any atom is 0.242 e. The van der Waals surface area contributed by atoms with Gasteiger partial charge < -0.3 is 36.8 Å². The Labute approximate surface area is 263 Å². The van der Waals surface area contributed by atoms with Gasteiger partial charge in [-0.2, -0.15) is 0 Å². The van der Waals surface area contributed by atoms with Crippen LogP contribution in [0.5, 0.6) is 0 Å². The van der Waals surface area contributed by atoms with E-state index >= 15 is 0 Å². The van der Waals surface area contributed by atoms with Gasteiger partial charge in [-0.1, -0.05) is 20.8 Å². The van der Waals surface area contributed by atoms with E-state index in [4.69, 9.17) is 0 Å². The van der Waals surface area contributed by atoms with Crippen LogP contribution in [0.4, 0.5) is 0 Å². The molecule has 0 heterocycles. The average Bonchev–Trinajstić information content (AvgIpc) is 3.00. The molecule has 6 N–H and O–H groups in total. The second-order valence-electron chi connectivity index (χ2n) is 12.2. The predicted octanol–water partition coefficient (Wildman–Crippen LogP) is 0.228. The highest BCUT2D eigenvalue weighted by Gasteiger charge is 2.26. The van der Waals surface area contributed by atoms with Crippen LogP contribution in [0.15, 0.2) is 0 Å². The summed E-state index contributed by atoms with van der Waals surface area (Å²) in [4.78, 5) is 77.1. The zero-order valence-corrected chi connectivity index (χ0v) is 27.8. The van der Waals surface area contributed by atoms with Gasteiger partial charge in [0, 0.05) is 23.9 Å². The Hall–Kier alpha value is -3.06. The summed E-state index contributed by atoms with van der Waals surface area (Å²) in [5.74, 6) is -2.74. The Bertz CT molecular complexity index is 950. The molecule has 1 saturated carbocycles. The van der Waals surface area contributed by atoms with Crippen molar-refractivity contribution in [1.29, 1.82) is 0 Å². The van der Waals surface area contributed by atoms with Crippen LogP contribution < -0.4 is 31.9 Å². The first-order valence-electron chi connectivity index (χ1n) is 16.1. The SMILES string of the molecule is CCN(CCCC[C@H](NC(=O)CNC(=O)[C@H](C)NC(=O)CNC(=O)C1CCC(NC)CC1)C(=O)NCC(=O)C(C)C)C(C)C. The van der Waals surface area contributed by atoms with Crippen molar-refractivity contribution < 1.29 is 28.8 Å². The van der Waals surface area contributed by atoms with Crippen LogP contribution in [0.3, 0.4) is 0 Å². The highest BCUT2D eigenvalue weighted by Crippen LogP contribution is 2.24. The van der Waals surface area contributed by atoms with Crippen LogP contribution >= 0.6 is 0 Å². The van der Waals surface area contributed by atoms with E-state index < -0.39 is 42.3 Å². The van der Waals surface area contributed by atoms with Crippen LogP contribution in [0.25, 0.3) is 0 Å². The molecule has 13 nitrogen and oxygen atoms in total. The van der Waals surface area contributed by atoms with Crippen molar-refractivity contribution in [2.75, 3.05) is 39.8 Å². The molecule has 1 aliphatic rings. The number of carbonyl (C=O) groups is 6. The first-order chi connectivity index (χ1) is 20.8. The number of hydrogen-bond donors (Lipinski definition) is 6. The summed E-state index contributed by atoms with van der Waals surface area (Å²) < 4.78 is 0. The van der Waals surface area contributed by atoms with E-state index in [1.54, 1.807) is 13.8 Å². The Balaban J connectivity index is 2.53. The first kappa shape index (κ1) is 39.0. The zero-order chi connectivity index (χ0) is 33.2. The highest BCUT2D eigenvalue weighted by atomic mass is 16.2. The summed E-state index contributed by atoms with van der Waals surface area (Å²) in [5.41, 5.74) is 0. The second-order valence-corrected chi connectivity index (χ2v) is 12.2. The van der Waals surface area contributed by atoms with Crippen LogP contribution in [-0.2, 0) is 28.8 Å². The third-order valence-electron chi connectivity index (χ3n) is 8.18. The summed E-state index contributed by atoms with van der Waals surface area (Å²) >= 11 is 0. The quantitative estimate of drug-likeness (QED) is 0.104. The minimum Gasteiger partial charge on any atom is -0.347 e. The van der Waals surface area contributed by atoms with Gasteiger partial charge in [-0.15, -0.1) is 0 Å². The third-order valence-corrected chi connectivity index (χ3v) is 8.18. The normalized spacial score (nSPS) is 18.0. The van der Waals surface area contributed by atoms with Gasteiger partial charge in [-0.05, 0) is 85.9 Å². The van der Waals surface area contributed by atoms with Gasteiger partial charge in [0.05, 0.1) is 19.6 Å². The van der Waals surface area contributed by atoms with E-state index in [2.05, 4.69) is 57.6 Å². The van der Waals surface area contributed by atoms with Gasteiger partial charge >= 0.3 is 0 Å². The number of rotatable bonds is 20. The van der Waals surface area contributed by atoms with Crippen LogP contribution in [0.2, 0.25) is 0 Å². The van der Waals surface area contributed by atoms with Gasteiger partial charge in [0.15, 0.2) is 5.78 Å². The molecule has 13 heteroatoms. The molecule has 1 aliphatic carbocycles. The first-order valence-corrected chi connectivity index (χ1v) is 16.1. The summed E-state index contributed by atoms with van der Waals surface area (Å²) in [6, 6.07) is -0.980. The molecule has 0 aromatic rings. The summed E-state index contributed by atoms with van der Waals surface area (Å²) in [6.45, 7) is 12.4. The van der Waals surface area contributed by atoms with Gasteiger partial charge in [0.25, 0.3) is 0 Å². The monoisotopic (exact) mass is 623 g/mol. The van der Waals surface area contributed by atoms with E-state index in [1.807, 2.05) is 7.05 Å². The van der Waals surface area contributed by atoms with Crippen LogP contribution in [-0.4, -0.2) is 104 Å².